The van der Waals surface area contributed by atoms with Crippen LogP contribution in [-0.4, -0.2) is 18.5 Å². The van der Waals surface area contributed by atoms with Crippen LogP contribution in [0, 0.1) is 0 Å². The number of esters is 2. The fourth-order valence-corrected chi connectivity index (χ4v) is 3.01. The van der Waals surface area contributed by atoms with Crippen molar-refractivity contribution in [2.24, 2.45) is 0 Å². The maximum atomic E-state index is 12.3. The number of ether oxygens (including phenoxy) is 2. The van der Waals surface area contributed by atoms with Gasteiger partial charge in [0.2, 0.25) is 0 Å². The molecule has 0 aliphatic heterocycles. The molecule has 2 aromatic carbocycles. The van der Waals surface area contributed by atoms with Crippen LogP contribution in [0.1, 0.15) is 72.6 Å². The number of carbonyl (C=O) groups is 2. The van der Waals surface area contributed by atoms with Gasteiger partial charge >= 0.3 is 11.9 Å². The normalized spacial score (nSPS) is 10.5. The predicted molar refractivity (Wildman–Crippen MR) is 114 cm³/mol. The van der Waals surface area contributed by atoms with E-state index >= 15 is 0 Å². The van der Waals surface area contributed by atoms with Crippen LogP contribution in [0.3, 0.4) is 0 Å². The predicted octanol–water partition coefficient (Wildman–Crippen LogP) is 6.58. The van der Waals surface area contributed by atoms with E-state index in [9.17, 15) is 9.59 Å². The van der Waals surface area contributed by atoms with E-state index in [1.54, 1.807) is 42.5 Å². The molecule has 0 bridgehead atoms. The summed E-state index contributed by atoms with van der Waals surface area (Å²) in [5, 5.41) is 0. The minimum Gasteiger partial charge on any atom is -0.462 e. The molecule has 0 spiro atoms. The molecule has 0 saturated heterocycles. The van der Waals surface area contributed by atoms with Gasteiger partial charge in [0.05, 0.1) is 17.7 Å². The molecule has 2 rings (SSSR count). The average Bonchev–Trinajstić information content (AvgIpc) is 2.71. The summed E-state index contributed by atoms with van der Waals surface area (Å²) in [7, 11) is 0. The van der Waals surface area contributed by atoms with Gasteiger partial charge in [-0.15, -0.1) is 0 Å². The zero-order chi connectivity index (χ0) is 20.2. The van der Waals surface area contributed by atoms with E-state index in [4.69, 9.17) is 9.47 Å². The topological polar surface area (TPSA) is 52.6 Å². The number of benzene rings is 2. The highest BCUT2D eigenvalue weighted by Gasteiger charge is 2.13. The third-order valence-electron chi connectivity index (χ3n) is 4.34. The van der Waals surface area contributed by atoms with Crippen LogP contribution in [0.15, 0.2) is 53.0 Å². The van der Waals surface area contributed by atoms with Crippen LogP contribution < -0.4 is 4.74 Å². The number of rotatable bonds is 11. The largest absolute Gasteiger partial charge is 0.462 e. The lowest BCUT2D eigenvalue weighted by Gasteiger charge is -2.07. The van der Waals surface area contributed by atoms with Crippen LogP contribution >= 0.6 is 15.9 Å². The van der Waals surface area contributed by atoms with Crippen molar-refractivity contribution in [2.75, 3.05) is 6.61 Å². The third-order valence-corrected chi connectivity index (χ3v) is 4.87. The molecule has 0 aliphatic carbocycles. The first-order valence-electron chi connectivity index (χ1n) is 9.85. The minimum absolute atomic E-state index is 0.313. The van der Waals surface area contributed by atoms with Gasteiger partial charge in [-0.25, -0.2) is 9.59 Å². The van der Waals surface area contributed by atoms with Crippen molar-refractivity contribution in [3.8, 4) is 5.75 Å². The molecule has 0 aromatic heterocycles. The van der Waals surface area contributed by atoms with E-state index in [0.29, 0.717) is 23.5 Å². The molecule has 4 nitrogen and oxygen atoms in total. The second-order valence-corrected chi connectivity index (χ2v) is 7.60. The number of unbranched alkanes of at least 4 members (excludes halogenated alkanes) is 6. The van der Waals surface area contributed by atoms with E-state index in [0.717, 1.165) is 17.3 Å². The lowest BCUT2D eigenvalue weighted by molar-refractivity contribution is 0.0497. The molecule has 0 unspecified atom stereocenters. The molecule has 0 N–H and O–H groups in total. The summed E-state index contributed by atoms with van der Waals surface area (Å²) in [6.07, 6.45) is 8.15. The SMILES string of the molecule is CCCCCCCCCOC(=O)c1cccc(C(=O)Oc2ccc(Br)cc2)c1. The Bertz CT molecular complexity index is 755. The minimum atomic E-state index is -0.510. The highest BCUT2D eigenvalue weighted by molar-refractivity contribution is 9.10. The second-order valence-electron chi connectivity index (χ2n) is 6.68. The van der Waals surface area contributed by atoms with Crippen molar-refractivity contribution in [1.82, 2.24) is 0 Å². The summed E-state index contributed by atoms with van der Waals surface area (Å²) in [5.74, 6) is -0.478. The number of hydrogen-bond acceptors (Lipinski definition) is 4. The molecule has 0 atom stereocenters. The van der Waals surface area contributed by atoms with E-state index in [2.05, 4.69) is 22.9 Å². The Morgan fingerprint density at radius 3 is 2.11 bits per heavy atom. The molecule has 0 radical (unpaired) electrons. The van der Waals surface area contributed by atoms with Gasteiger partial charge in [-0.2, -0.15) is 0 Å². The van der Waals surface area contributed by atoms with Crippen molar-refractivity contribution < 1.29 is 19.1 Å². The molecule has 0 aliphatic rings. The van der Waals surface area contributed by atoms with E-state index in [1.807, 2.05) is 0 Å². The van der Waals surface area contributed by atoms with E-state index < -0.39 is 11.9 Å². The number of halogens is 1. The van der Waals surface area contributed by atoms with E-state index in [1.165, 1.54) is 38.2 Å². The maximum Gasteiger partial charge on any atom is 0.343 e. The van der Waals surface area contributed by atoms with Gasteiger partial charge in [-0.1, -0.05) is 67.4 Å². The smallest absolute Gasteiger partial charge is 0.343 e. The first kappa shape index (κ1) is 22.2. The molecular formula is C23H27BrO4. The van der Waals surface area contributed by atoms with Gasteiger partial charge in [0, 0.05) is 4.47 Å². The van der Waals surface area contributed by atoms with Crippen molar-refractivity contribution in [2.45, 2.75) is 51.9 Å². The first-order chi connectivity index (χ1) is 13.6. The quantitative estimate of drug-likeness (QED) is 0.222. The Morgan fingerprint density at radius 1 is 0.821 bits per heavy atom. The van der Waals surface area contributed by atoms with Crippen molar-refractivity contribution in [3.63, 3.8) is 0 Å². The van der Waals surface area contributed by atoms with Gasteiger partial charge in [-0.05, 0) is 48.9 Å². The molecule has 0 heterocycles. The molecule has 0 fully saturated rings. The average molecular weight is 447 g/mol. The maximum absolute atomic E-state index is 12.3. The first-order valence-corrected chi connectivity index (χ1v) is 10.6. The molecule has 0 saturated carbocycles. The molecule has 5 heteroatoms. The second kappa shape index (κ2) is 12.3. The molecule has 0 amide bonds. The summed E-state index contributed by atoms with van der Waals surface area (Å²) in [5.41, 5.74) is 0.668. The summed E-state index contributed by atoms with van der Waals surface area (Å²) in [6.45, 7) is 2.61. The van der Waals surface area contributed by atoms with Gasteiger partial charge in [-0.3, -0.25) is 0 Å². The Morgan fingerprint density at radius 2 is 1.43 bits per heavy atom. The Kier molecular flexibility index (Phi) is 9.77. The molecule has 2 aromatic rings. The number of hydrogen-bond donors (Lipinski definition) is 0. The highest BCUT2D eigenvalue weighted by atomic mass is 79.9. The van der Waals surface area contributed by atoms with Crippen LogP contribution in [0.5, 0.6) is 5.75 Å². The van der Waals surface area contributed by atoms with Gasteiger partial charge in [0.1, 0.15) is 5.75 Å². The van der Waals surface area contributed by atoms with Crippen LogP contribution in [-0.2, 0) is 4.74 Å². The summed E-state index contributed by atoms with van der Waals surface area (Å²) in [6, 6.07) is 13.4. The zero-order valence-corrected chi connectivity index (χ0v) is 17.9. The standard InChI is InChI=1S/C23H27BrO4/c1-2-3-4-5-6-7-8-16-27-22(25)18-10-9-11-19(17-18)23(26)28-21-14-12-20(24)13-15-21/h9-15,17H,2-8,16H2,1H3. The fraction of sp³-hybridized carbons (Fsp3) is 0.391. The zero-order valence-electron chi connectivity index (χ0n) is 16.3. The fourth-order valence-electron chi connectivity index (χ4n) is 2.75. The summed E-state index contributed by atoms with van der Waals surface area (Å²) >= 11 is 3.33. The molecular weight excluding hydrogens is 420 g/mol. The van der Waals surface area contributed by atoms with Gasteiger partial charge in [0.25, 0.3) is 0 Å². The van der Waals surface area contributed by atoms with Gasteiger partial charge in [0.15, 0.2) is 0 Å². The van der Waals surface area contributed by atoms with E-state index in [-0.39, 0.29) is 0 Å². The van der Waals surface area contributed by atoms with Crippen LogP contribution in [0.4, 0.5) is 0 Å². The Balaban J connectivity index is 1.78. The summed E-state index contributed by atoms with van der Waals surface area (Å²) < 4.78 is 11.6. The van der Waals surface area contributed by atoms with Gasteiger partial charge < -0.3 is 9.47 Å². The number of carbonyl (C=O) groups excluding carboxylic acids is 2. The van der Waals surface area contributed by atoms with Crippen LogP contribution in [0.25, 0.3) is 0 Å². The molecule has 150 valence electrons. The lowest BCUT2D eigenvalue weighted by atomic mass is 10.1. The Labute approximate surface area is 175 Å². The highest BCUT2D eigenvalue weighted by Crippen LogP contribution is 2.18. The third kappa shape index (κ3) is 7.85. The lowest BCUT2D eigenvalue weighted by Crippen LogP contribution is -2.11. The molecule has 28 heavy (non-hydrogen) atoms. The van der Waals surface area contributed by atoms with Crippen molar-refractivity contribution >= 4 is 27.9 Å². The Hall–Kier alpha value is -2.14. The summed E-state index contributed by atoms with van der Waals surface area (Å²) in [4.78, 5) is 24.5. The van der Waals surface area contributed by atoms with Crippen molar-refractivity contribution in [3.05, 3.63) is 64.1 Å². The van der Waals surface area contributed by atoms with Crippen LogP contribution in [0.2, 0.25) is 0 Å². The van der Waals surface area contributed by atoms with Crippen molar-refractivity contribution in [1.29, 1.82) is 0 Å². The monoisotopic (exact) mass is 446 g/mol.